The van der Waals surface area contributed by atoms with Crippen molar-refractivity contribution < 1.29 is 13.9 Å². The van der Waals surface area contributed by atoms with Gasteiger partial charge in [0.2, 0.25) is 0 Å². The second-order valence-corrected chi connectivity index (χ2v) is 5.59. The molecule has 0 aliphatic carbocycles. The average Bonchev–Trinajstić information content (AvgIpc) is 2.88. The zero-order chi connectivity index (χ0) is 15.7. The molecule has 6 nitrogen and oxygen atoms in total. The average molecular weight is 423 g/mol. The first-order valence-electron chi connectivity index (χ1n) is 7.09. The van der Waals surface area contributed by atoms with Crippen LogP contribution in [-0.2, 0) is 16.0 Å². The molecule has 0 saturated carbocycles. The number of carbonyl (C=O) groups is 1. The molecule has 1 heterocycles. The Hall–Kier alpha value is -1.25. The SMILES string of the molecule is CN=C(NCCC(=O)OC(C)(C)C)NCCc1ccco1.I. The lowest BCUT2D eigenvalue weighted by Crippen LogP contribution is -2.39. The third-order valence-corrected chi connectivity index (χ3v) is 2.51. The highest BCUT2D eigenvalue weighted by Crippen LogP contribution is 2.07. The molecule has 0 amide bonds. The topological polar surface area (TPSA) is 75.9 Å². The first kappa shape index (κ1) is 20.8. The number of nitrogens with zero attached hydrogens (tertiary/aromatic N) is 1. The number of rotatable bonds is 6. The first-order chi connectivity index (χ1) is 9.90. The van der Waals surface area contributed by atoms with Gasteiger partial charge in [-0.2, -0.15) is 0 Å². The number of guanidine groups is 1. The molecular formula is C15H26IN3O3. The molecule has 1 aromatic heterocycles. The van der Waals surface area contributed by atoms with Gasteiger partial charge in [0.25, 0.3) is 0 Å². The number of carbonyl (C=O) groups excluding carboxylic acids is 1. The molecule has 1 rings (SSSR count). The summed E-state index contributed by atoms with van der Waals surface area (Å²) >= 11 is 0. The van der Waals surface area contributed by atoms with Crippen LogP contribution in [0.4, 0.5) is 0 Å². The lowest BCUT2D eigenvalue weighted by Gasteiger charge is -2.19. The van der Waals surface area contributed by atoms with E-state index in [1.807, 2.05) is 32.9 Å². The van der Waals surface area contributed by atoms with E-state index in [9.17, 15) is 4.79 Å². The van der Waals surface area contributed by atoms with Crippen molar-refractivity contribution in [3.63, 3.8) is 0 Å². The van der Waals surface area contributed by atoms with Crippen LogP contribution in [-0.4, -0.2) is 37.7 Å². The fourth-order valence-corrected chi connectivity index (χ4v) is 1.66. The van der Waals surface area contributed by atoms with Gasteiger partial charge in [0.1, 0.15) is 11.4 Å². The van der Waals surface area contributed by atoms with Crippen LogP contribution in [0.3, 0.4) is 0 Å². The van der Waals surface area contributed by atoms with Crippen LogP contribution in [0.5, 0.6) is 0 Å². The largest absolute Gasteiger partial charge is 0.469 e. The third kappa shape index (κ3) is 9.64. The van der Waals surface area contributed by atoms with Gasteiger partial charge in [0, 0.05) is 26.6 Å². The Balaban J connectivity index is 0.00000441. The molecule has 22 heavy (non-hydrogen) atoms. The highest BCUT2D eigenvalue weighted by atomic mass is 127. The van der Waals surface area contributed by atoms with Crippen molar-refractivity contribution in [2.24, 2.45) is 4.99 Å². The molecule has 7 heteroatoms. The van der Waals surface area contributed by atoms with Gasteiger partial charge in [-0.1, -0.05) is 0 Å². The molecule has 0 unspecified atom stereocenters. The van der Waals surface area contributed by atoms with Crippen LogP contribution < -0.4 is 10.6 Å². The van der Waals surface area contributed by atoms with E-state index in [2.05, 4.69) is 15.6 Å². The van der Waals surface area contributed by atoms with Crippen LogP contribution in [0.15, 0.2) is 27.8 Å². The van der Waals surface area contributed by atoms with E-state index >= 15 is 0 Å². The molecule has 2 N–H and O–H groups in total. The number of nitrogens with one attached hydrogen (secondary N) is 2. The van der Waals surface area contributed by atoms with E-state index < -0.39 is 5.60 Å². The summed E-state index contributed by atoms with van der Waals surface area (Å²) < 4.78 is 10.5. The van der Waals surface area contributed by atoms with Gasteiger partial charge in [0.05, 0.1) is 12.7 Å². The van der Waals surface area contributed by atoms with Gasteiger partial charge >= 0.3 is 5.97 Å². The molecule has 0 fully saturated rings. The summed E-state index contributed by atoms with van der Waals surface area (Å²) in [6, 6.07) is 3.80. The lowest BCUT2D eigenvalue weighted by atomic mass is 10.2. The van der Waals surface area contributed by atoms with E-state index in [1.54, 1.807) is 13.3 Å². The van der Waals surface area contributed by atoms with Gasteiger partial charge in [-0.3, -0.25) is 9.79 Å². The molecule has 1 aromatic rings. The molecule has 0 aromatic carbocycles. The van der Waals surface area contributed by atoms with Crippen molar-refractivity contribution in [3.8, 4) is 0 Å². The summed E-state index contributed by atoms with van der Waals surface area (Å²) in [5.41, 5.74) is -0.444. The Kier molecular flexibility index (Phi) is 9.88. The summed E-state index contributed by atoms with van der Waals surface area (Å²) in [6.07, 6.45) is 2.74. The zero-order valence-electron chi connectivity index (χ0n) is 13.6. The van der Waals surface area contributed by atoms with Crippen molar-refractivity contribution in [2.45, 2.75) is 39.2 Å². The Morgan fingerprint density at radius 3 is 2.55 bits per heavy atom. The number of esters is 1. The van der Waals surface area contributed by atoms with Crippen molar-refractivity contribution in [3.05, 3.63) is 24.2 Å². The first-order valence-corrected chi connectivity index (χ1v) is 7.09. The van der Waals surface area contributed by atoms with E-state index in [0.29, 0.717) is 25.5 Å². The molecule has 0 aliphatic rings. The van der Waals surface area contributed by atoms with Crippen molar-refractivity contribution in [2.75, 3.05) is 20.1 Å². The maximum Gasteiger partial charge on any atom is 0.308 e. The van der Waals surface area contributed by atoms with E-state index in [-0.39, 0.29) is 29.9 Å². The Morgan fingerprint density at radius 1 is 1.32 bits per heavy atom. The molecule has 126 valence electrons. The van der Waals surface area contributed by atoms with Gasteiger partial charge < -0.3 is 19.8 Å². The second-order valence-electron chi connectivity index (χ2n) is 5.59. The fraction of sp³-hybridized carbons (Fsp3) is 0.600. The molecular weight excluding hydrogens is 397 g/mol. The number of furan rings is 1. The zero-order valence-corrected chi connectivity index (χ0v) is 16.0. The Morgan fingerprint density at radius 2 is 2.00 bits per heavy atom. The van der Waals surface area contributed by atoms with E-state index in [4.69, 9.17) is 9.15 Å². The predicted octanol–water partition coefficient (Wildman–Crippen LogP) is 2.34. The molecule has 0 radical (unpaired) electrons. The van der Waals surface area contributed by atoms with Crippen LogP contribution >= 0.6 is 24.0 Å². The standard InChI is InChI=1S/C15H25N3O3.HI/c1-15(2,3)21-13(19)8-10-18-14(16-4)17-9-7-12-6-5-11-20-12;/h5-6,11H,7-10H2,1-4H3,(H2,16,17,18);1H. The maximum absolute atomic E-state index is 11.6. The van der Waals surface area contributed by atoms with Gasteiger partial charge in [-0.25, -0.2) is 0 Å². The van der Waals surface area contributed by atoms with Crippen molar-refractivity contribution >= 4 is 35.9 Å². The molecule has 0 atom stereocenters. The molecule has 0 aliphatic heterocycles. The molecule has 0 saturated heterocycles. The highest BCUT2D eigenvalue weighted by Gasteiger charge is 2.15. The Bertz CT molecular complexity index is 453. The number of hydrogen-bond acceptors (Lipinski definition) is 4. The van der Waals surface area contributed by atoms with Crippen molar-refractivity contribution in [1.82, 2.24) is 10.6 Å². The molecule has 0 spiro atoms. The maximum atomic E-state index is 11.6. The quantitative estimate of drug-likeness (QED) is 0.318. The highest BCUT2D eigenvalue weighted by molar-refractivity contribution is 14.0. The number of ether oxygens (including phenoxy) is 1. The van der Waals surface area contributed by atoms with E-state index in [0.717, 1.165) is 12.2 Å². The minimum absolute atomic E-state index is 0. The van der Waals surface area contributed by atoms with Gasteiger partial charge in [0.15, 0.2) is 5.96 Å². The number of hydrogen-bond donors (Lipinski definition) is 2. The number of halogens is 1. The summed E-state index contributed by atoms with van der Waals surface area (Å²) in [7, 11) is 1.69. The normalized spacial score (nSPS) is 11.5. The monoisotopic (exact) mass is 423 g/mol. The van der Waals surface area contributed by atoms with Gasteiger partial charge in [-0.15, -0.1) is 24.0 Å². The minimum Gasteiger partial charge on any atom is -0.469 e. The van der Waals surface area contributed by atoms with Crippen LogP contribution in [0, 0.1) is 0 Å². The second kappa shape index (κ2) is 10.5. The summed E-state index contributed by atoms with van der Waals surface area (Å²) in [5.74, 6) is 1.36. The van der Waals surface area contributed by atoms with E-state index in [1.165, 1.54) is 0 Å². The Labute approximate surface area is 149 Å². The smallest absolute Gasteiger partial charge is 0.308 e. The van der Waals surface area contributed by atoms with Crippen molar-refractivity contribution in [1.29, 1.82) is 0 Å². The van der Waals surface area contributed by atoms with Crippen LogP contribution in [0.1, 0.15) is 33.0 Å². The fourth-order valence-electron chi connectivity index (χ4n) is 1.66. The minimum atomic E-state index is -0.444. The van der Waals surface area contributed by atoms with Crippen LogP contribution in [0.2, 0.25) is 0 Å². The number of aliphatic imine (C=N–C) groups is 1. The van der Waals surface area contributed by atoms with Gasteiger partial charge in [-0.05, 0) is 32.9 Å². The molecule has 0 bridgehead atoms. The summed E-state index contributed by atoms with van der Waals surface area (Å²) in [5, 5.41) is 6.23. The summed E-state index contributed by atoms with van der Waals surface area (Å²) in [6.45, 7) is 6.75. The third-order valence-electron chi connectivity index (χ3n) is 2.51. The summed E-state index contributed by atoms with van der Waals surface area (Å²) in [4.78, 5) is 15.7. The lowest BCUT2D eigenvalue weighted by molar-refractivity contribution is -0.154. The predicted molar refractivity (Wildman–Crippen MR) is 97.7 cm³/mol. The van der Waals surface area contributed by atoms with Crippen LogP contribution in [0.25, 0.3) is 0 Å².